The van der Waals surface area contributed by atoms with Crippen molar-refractivity contribution in [2.24, 2.45) is 13.0 Å². The lowest BCUT2D eigenvalue weighted by atomic mass is 10.1. The average molecular weight is 260 g/mol. The van der Waals surface area contributed by atoms with E-state index < -0.39 is 0 Å². The van der Waals surface area contributed by atoms with Gasteiger partial charge in [-0.3, -0.25) is 4.68 Å². The van der Waals surface area contributed by atoms with Gasteiger partial charge in [-0.05, 0) is 25.3 Å². The number of hydrogen-bond donors (Lipinski definition) is 2. The van der Waals surface area contributed by atoms with Crippen LogP contribution in [0.5, 0.6) is 0 Å². The van der Waals surface area contributed by atoms with Crippen molar-refractivity contribution in [3.8, 4) is 0 Å². The van der Waals surface area contributed by atoms with Crippen LogP contribution in [0.3, 0.4) is 0 Å². The number of aromatic nitrogens is 2. The summed E-state index contributed by atoms with van der Waals surface area (Å²) in [4.78, 5) is 0. The van der Waals surface area contributed by atoms with E-state index in [4.69, 9.17) is 16.7 Å². The summed E-state index contributed by atoms with van der Waals surface area (Å²) >= 11 is 6.19. The van der Waals surface area contributed by atoms with Crippen molar-refractivity contribution in [3.63, 3.8) is 0 Å². The number of aliphatic hydroxyl groups excluding tert-OH is 1. The van der Waals surface area contributed by atoms with Gasteiger partial charge in [0.25, 0.3) is 0 Å². The summed E-state index contributed by atoms with van der Waals surface area (Å²) in [7, 11) is 1.86. The van der Waals surface area contributed by atoms with E-state index in [1.165, 1.54) is 0 Å². The fourth-order valence-corrected chi connectivity index (χ4v) is 2.04. The van der Waals surface area contributed by atoms with Crippen LogP contribution < -0.4 is 5.32 Å². The first-order valence-electron chi connectivity index (χ1n) is 6.11. The quantitative estimate of drug-likeness (QED) is 0.784. The molecule has 0 saturated carbocycles. The fraction of sp³-hybridized carbons (Fsp3) is 0.750. The predicted molar refractivity (Wildman–Crippen MR) is 70.2 cm³/mol. The number of nitrogens with zero attached hydrogens (tertiary/aromatic N) is 2. The molecule has 0 aliphatic rings. The van der Waals surface area contributed by atoms with Crippen molar-refractivity contribution in [1.82, 2.24) is 15.1 Å². The molecule has 1 rings (SSSR count). The van der Waals surface area contributed by atoms with Crippen molar-refractivity contribution in [1.29, 1.82) is 0 Å². The fourth-order valence-electron chi connectivity index (χ4n) is 1.82. The zero-order valence-electron chi connectivity index (χ0n) is 10.8. The minimum atomic E-state index is 0.247. The third kappa shape index (κ3) is 3.98. The first-order valence-corrected chi connectivity index (χ1v) is 6.49. The van der Waals surface area contributed by atoms with Crippen LogP contribution in [0.4, 0.5) is 0 Å². The molecule has 0 spiro atoms. The molecule has 2 N–H and O–H groups in total. The molecule has 1 unspecified atom stereocenters. The number of halogens is 1. The normalized spacial score (nSPS) is 13.0. The van der Waals surface area contributed by atoms with E-state index in [1.807, 2.05) is 7.05 Å². The van der Waals surface area contributed by atoms with Gasteiger partial charge in [0.1, 0.15) is 5.15 Å². The molecule has 1 atom stereocenters. The maximum Gasteiger partial charge on any atom is 0.131 e. The van der Waals surface area contributed by atoms with E-state index in [9.17, 15) is 0 Å². The smallest absolute Gasteiger partial charge is 0.131 e. The number of hydrogen-bond acceptors (Lipinski definition) is 3. The Morgan fingerprint density at radius 3 is 2.82 bits per heavy atom. The minimum Gasteiger partial charge on any atom is -0.396 e. The second-order valence-electron chi connectivity index (χ2n) is 4.44. The summed E-state index contributed by atoms with van der Waals surface area (Å²) in [5, 5.41) is 17.3. The Bertz CT molecular complexity index is 352. The van der Waals surface area contributed by atoms with E-state index in [-0.39, 0.29) is 6.61 Å². The summed E-state index contributed by atoms with van der Waals surface area (Å²) in [6.07, 6.45) is 1.72. The highest BCUT2D eigenvalue weighted by Crippen LogP contribution is 2.19. The van der Waals surface area contributed by atoms with E-state index in [1.54, 1.807) is 4.68 Å². The molecule has 0 bridgehead atoms. The van der Waals surface area contributed by atoms with E-state index in [0.29, 0.717) is 11.1 Å². The van der Waals surface area contributed by atoms with E-state index in [2.05, 4.69) is 24.3 Å². The van der Waals surface area contributed by atoms with Gasteiger partial charge in [0.05, 0.1) is 5.69 Å². The monoisotopic (exact) mass is 259 g/mol. The van der Waals surface area contributed by atoms with Gasteiger partial charge in [-0.2, -0.15) is 5.10 Å². The Balaban J connectivity index is 2.51. The van der Waals surface area contributed by atoms with Gasteiger partial charge in [-0.1, -0.05) is 25.4 Å². The number of aryl methyl sites for hydroxylation is 2. The van der Waals surface area contributed by atoms with Crippen LogP contribution in [0.2, 0.25) is 5.15 Å². The summed E-state index contributed by atoms with van der Waals surface area (Å²) < 4.78 is 1.72. The Kier molecular flexibility index (Phi) is 5.95. The first-order chi connectivity index (χ1) is 8.10. The molecule has 98 valence electrons. The summed E-state index contributed by atoms with van der Waals surface area (Å²) in [6, 6.07) is 0. The Morgan fingerprint density at radius 2 is 2.24 bits per heavy atom. The van der Waals surface area contributed by atoms with Crippen LogP contribution >= 0.6 is 11.6 Å². The highest BCUT2D eigenvalue weighted by Gasteiger charge is 2.12. The van der Waals surface area contributed by atoms with Crippen LogP contribution in [0.25, 0.3) is 0 Å². The lowest BCUT2D eigenvalue weighted by molar-refractivity contribution is 0.260. The minimum absolute atomic E-state index is 0.247. The summed E-state index contributed by atoms with van der Waals surface area (Å²) in [5.74, 6) is 0.473. The molecule has 0 amide bonds. The maximum atomic E-state index is 8.82. The largest absolute Gasteiger partial charge is 0.396 e. The van der Waals surface area contributed by atoms with Crippen LogP contribution in [0.15, 0.2) is 0 Å². The SMILES string of the molecule is CCc1nn(C)c(Cl)c1CNCC(C)CCO. The molecule has 0 saturated heterocycles. The van der Waals surface area contributed by atoms with Gasteiger partial charge in [0, 0.05) is 25.8 Å². The topological polar surface area (TPSA) is 50.1 Å². The molecule has 1 aromatic rings. The second-order valence-corrected chi connectivity index (χ2v) is 4.80. The highest BCUT2D eigenvalue weighted by molar-refractivity contribution is 6.30. The van der Waals surface area contributed by atoms with Gasteiger partial charge in [0.15, 0.2) is 0 Å². The summed E-state index contributed by atoms with van der Waals surface area (Å²) in [6.45, 7) is 6.07. The molecule has 0 aliphatic heterocycles. The van der Waals surface area contributed by atoms with Gasteiger partial charge < -0.3 is 10.4 Å². The van der Waals surface area contributed by atoms with Crippen LogP contribution in [0.1, 0.15) is 31.5 Å². The predicted octanol–water partition coefficient (Wildman–Crippen LogP) is 1.74. The van der Waals surface area contributed by atoms with E-state index in [0.717, 1.165) is 37.2 Å². The molecule has 5 heteroatoms. The third-order valence-corrected chi connectivity index (χ3v) is 3.38. The molecule has 0 aromatic carbocycles. The number of rotatable bonds is 7. The molecule has 0 radical (unpaired) electrons. The van der Waals surface area contributed by atoms with Crippen molar-refractivity contribution in [2.45, 2.75) is 33.2 Å². The van der Waals surface area contributed by atoms with Gasteiger partial charge >= 0.3 is 0 Å². The Morgan fingerprint density at radius 1 is 1.53 bits per heavy atom. The zero-order valence-corrected chi connectivity index (χ0v) is 11.6. The van der Waals surface area contributed by atoms with Crippen molar-refractivity contribution in [2.75, 3.05) is 13.2 Å². The molecular weight excluding hydrogens is 238 g/mol. The highest BCUT2D eigenvalue weighted by atomic mass is 35.5. The van der Waals surface area contributed by atoms with Gasteiger partial charge in [0.2, 0.25) is 0 Å². The van der Waals surface area contributed by atoms with Gasteiger partial charge in [-0.15, -0.1) is 0 Å². The molecule has 1 aromatic heterocycles. The van der Waals surface area contributed by atoms with Crippen molar-refractivity contribution >= 4 is 11.6 Å². The van der Waals surface area contributed by atoms with E-state index >= 15 is 0 Å². The van der Waals surface area contributed by atoms with Gasteiger partial charge in [-0.25, -0.2) is 0 Å². The molecule has 0 aliphatic carbocycles. The van der Waals surface area contributed by atoms with Crippen LogP contribution in [0, 0.1) is 5.92 Å². The molecule has 17 heavy (non-hydrogen) atoms. The number of nitrogens with one attached hydrogen (secondary N) is 1. The van der Waals surface area contributed by atoms with Crippen LogP contribution in [-0.2, 0) is 20.0 Å². The molecule has 0 fully saturated rings. The van der Waals surface area contributed by atoms with Crippen molar-refractivity contribution in [3.05, 3.63) is 16.4 Å². The summed E-state index contributed by atoms with van der Waals surface area (Å²) in [5.41, 5.74) is 2.15. The average Bonchev–Trinajstić information content (AvgIpc) is 2.57. The Hall–Kier alpha value is -0.580. The maximum absolute atomic E-state index is 8.82. The molecule has 1 heterocycles. The first kappa shape index (κ1) is 14.5. The lowest BCUT2D eigenvalue weighted by Crippen LogP contribution is -2.21. The standard InChI is InChI=1S/C12H22ClN3O/c1-4-11-10(12(13)16(3)15-11)8-14-7-9(2)5-6-17/h9,14,17H,4-8H2,1-3H3. The lowest BCUT2D eigenvalue weighted by Gasteiger charge is -2.11. The molecule has 4 nitrogen and oxygen atoms in total. The molecular formula is C12H22ClN3O. The Labute approximate surface area is 108 Å². The second kappa shape index (κ2) is 6.99. The van der Waals surface area contributed by atoms with Crippen molar-refractivity contribution < 1.29 is 5.11 Å². The third-order valence-electron chi connectivity index (χ3n) is 2.90. The number of aliphatic hydroxyl groups is 1. The zero-order chi connectivity index (χ0) is 12.8. The van der Waals surface area contributed by atoms with Crippen LogP contribution in [-0.4, -0.2) is 28.0 Å².